The first-order valence-electron chi connectivity index (χ1n) is 8.43. The van der Waals surface area contributed by atoms with E-state index in [2.05, 4.69) is 10.2 Å². The van der Waals surface area contributed by atoms with Crippen LogP contribution in [0.5, 0.6) is 0 Å². The molecular weight excluding hydrogens is 326 g/mol. The number of piperidine rings is 1. The minimum Gasteiger partial charge on any atom is -0.466 e. The molecule has 1 saturated heterocycles. The van der Waals surface area contributed by atoms with Gasteiger partial charge in [-0.15, -0.1) is 0 Å². The van der Waals surface area contributed by atoms with Crippen LogP contribution in [0.1, 0.15) is 26.2 Å². The number of non-ortho nitro benzene ring substituents is 1. The van der Waals surface area contributed by atoms with Crippen molar-refractivity contribution in [3.63, 3.8) is 0 Å². The number of amides is 1. The predicted octanol–water partition coefficient (Wildman–Crippen LogP) is 2.20. The molecule has 1 fully saturated rings. The summed E-state index contributed by atoms with van der Waals surface area (Å²) in [6.07, 6.45) is 2.03. The van der Waals surface area contributed by atoms with Crippen molar-refractivity contribution in [1.82, 2.24) is 4.90 Å². The van der Waals surface area contributed by atoms with Gasteiger partial charge >= 0.3 is 5.97 Å². The Balaban J connectivity index is 1.77. The molecule has 136 valence electrons. The molecule has 1 N–H and O–H groups in total. The zero-order valence-electron chi connectivity index (χ0n) is 14.3. The van der Waals surface area contributed by atoms with E-state index in [1.165, 1.54) is 24.3 Å². The minimum absolute atomic E-state index is 0.0173. The van der Waals surface area contributed by atoms with Crippen LogP contribution >= 0.6 is 0 Å². The molecule has 0 saturated carbocycles. The van der Waals surface area contributed by atoms with Crippen molar-refractivity contribution in [3.8, 4) is 0 Å². The van der Waals surface area contributed by atoms with E-state index in [9.17, 15) is 19.7 Å². The zero-order chi connectivity index (χ0) is 18.2. The zero-order valence-corrected chi connectivity index (χ0v) is 14.3. The van der Waals surface area contributed by atoms with Gasteiger partial charge in [0, 0.05) is 37.3 Å². The van der Waals surface area contributed by atoms with E-state index in [0.717, 1.165) is 19.4 Å². The van der Waals surface area contributed by atoms with Gasteiger partial charge in [-0.05, 0) is 38.4 Å². The van der Waals surface area contributed by atoms with Gasteiger partial charge in [0.1, 0.15) is 0 Å². The molecule has 1 aliphatic rings. The first-order chi connectivity index (χ1) is 12.0. The molecule has 0 bridgehead atoms. The standard InChI is InChI=1S/C17H23N3O5/c1-2-25-17(22)13-4-3-10-19(12-13)11-9-16(21)18-14-5-7-15(8-6-14)20(23)24/h5-8,13H,2-4,9-12H2,1H3,(H,18,21). The molecule has 1 aromatic carbocycles. The van der Waals surface area contributed by atoms with Gasteiger partial charge < -0.3 is 15.0 Å². The normalized spacial score (nSPS) is 17.7. The lowest BCUT2D eigenvalue weighted by Gasteiger charge is -2.31. The number of nitro benzene ring substituents is 1. The quantitative estimate of drug-likeness (QED) is 0.460. The molecule has 0 aliphatic carbocycles. The number of hydrogen-bond donors (Lipinski definition) is 1. The summed E-state index contributed by atoms with van der Waals surface area (Å²) < 4.78 is 5.07. The number of carbonyl (C=O) groups excluding carboxylic acids is 2. The topological polar surface area (TPSA) is 102 Å². The lowest BCUT2D eigenvalue weighted by molar-refractivity contribution is -0.384. The maximum atomic E-state index is 12.0. The van der Waals surface area contributed by atoms with Crippen molar-refractivity contribution in [2.45, 2.75) is 26.2 Å². The third kappa shape index (κ3) is 5.82. The monoisotopic (exact) mass is 349 g/mol. The average Bonchev–Trinajstić information content (AvgIpc) is 2.61. The van der Waals surface area contributed by atoms with Crippen LogP contribution in [-0.2, 0) is 14.3 Å². The maximum Gasteiger partial charge on any atom is 0.310 e. The number of nitrogens with zero attached hydrogens (tertiary/aromatic N) is 2. The number of hydrogen-bond acceptors (Lipinski definition) is 6. The second kappa shape index (κ2) is 9.12. The van der Waals surface area contributed by atoms with E-state index in [-0.39, 0.29) is 23.5 Å². The summed E-state index contributed by atoms with van der Waals surface area (Å²) in [5, 5.41) is 13.3. The van der Waals surface area contributed by atoms with Crippen LogP contribution in [0, 0.1) is 16.0 Å². The van der Waals surface area contributed by atoms with Gasteiger partial charge in [0.15, 0.2) is 0 Å². The van der Waals surface area contributed by atoms with Gasteiger partial charge in [0.25, 0.3) is 5.69 Å². The van der Waals surface area contributed by atoms with Gasteiger partial charge in [0.2, 0.25) is 5.91 Å². The molecule has 0 spiro atoms. The number of rotatable bonds is 7. The van der Waals surface area contributed by atoms with Crippen molar-refractivity contribution in [3.05, 3.63) is 34.4 Å². The molecule has 1 aliphatic heterocycles. The Kier molecular flexibility index (Phi) is 6.88. The van der Waals surface area contributed by atoms with Crippen LogP contribution in [0.3, 0.4) is 0 Å². The fraction of sp³-hybridized carbons (Fsp3) is 0.529. The van der Waals surface area contributed by atoms with Crippen molar-refractivity contribution < 1.29 is 19.2 Å². The number of ether oxygens (including phenoxy) is 1. The van der Waals surface area contributed by atoms with Crippen LogP contribution in [0.2, 0.25) is 0 Å². The minimum atomic E-state index is -0.484. The number of anilines is 1. The Morgan fingerprint density at radius 2 is 2.08 bits per heavy atom. The summed E-state index contributed by atoms with van der Waals surface area (Å²) >= 11 is 0. The number of nitrogens with one attached hydrogen (secondary N) is 1. The van der Waals surface area contributed by atoms with Crippen LogP contribution in [-0.4, -0.2) is 47.9 Å². The van der Waals surface area contributed by atoms with Gasteiger partial charge in [-0.2, -0.15) is 0 Å². The molecule has 0 radical (unpaired) electrons. The Hall–Kier alpha value is -2.48. The molecule has 1 heterocycles. The summed E-state index contributed by atoms with van der Waals surface area (Å²) in [4.78, 5) is 36.1. The smallest absolute Gasteiger partial charge is 0.310 e. The van der Waals surface area contributed by atoms with Crippen LogP contribution < -0.4 is 5.32 Å². The van der Waals surface area contributed by atoms with Gasteiger partial charge in [-0.3, -0.25) is 19.7 Å². The second-order valence-corrected chi connectivity index (χ2v) is 5.99. The highest BCUT2D eigenvalue weighted by atomic mass is 16.6. The molecule has 1 amide bonds. The maximum absolute atomic E-state index is 12.0. The number of carbonyl (C=O) groups is 2. The Morgan fingerprint density at radius 3 is 2.72 bits per heavy atom. The molecule has 1 aromatic rings. The molecular formula is C17H23N3O5. The summed E-state index contributed by atoms with van der Waals surface area (Å²) in [6.45, 7) is 4.22. The Morgan fingerprint density at radius 1 is 1.36 bits per heavy atom. The van der Waals surface area contributed by atoms with E-state index >= 15 is 0 Å². The molecule has 2 rings (SSSR count). The number of esters is 1. The van der Waals surface area contributed by atoms with Crippen LogP contribution in [0.4, 0.5) is 11.4 Å². The highest BCUT2D eigenvalue weighted by Gasteiger charge is 2.26. The van der Waals surface area contributed by atoms with Crippen molar-refractivity contribution in [1.29, 1.82) is 0 Å². The van der Waals surface area contributed by atoms with E-state index in [1.54, 1.807) is 6.92 Å². The first-order valence-corrected chi connectivity index (χ1v) is 8.43. The van der Waals surface area contributed by atoms with E-state index in [1.807, 2.05) is 0 Å². The summed E-state index contributed by atoms with van der Waals surface area (Å²) in [5.41, 5.74) is 0.509. The lowest BCUT2D eigenvalue weighted by atomic mass is 9.98. The van der Waals surface area contributed by atoms with Crippen molar-refractivity contribution in [2.24, 2.45) is 5.92 Å². The van der Waals surface area contributed by atoms with E-state index in [0.29, 0.717) is 31.8 Å². The van der Waals surface area contributed by atoms with Crippen molar-refractivity contribution >= 4 is 23.3 Å². The van der Waals surface area contributed by atoms with Gasteiger partial charge in [-0.1, -0.05) is 0 Å². The molecule has 1 unspecified atom stereocenters. The summed E-state index contributed by atoms with van der Waals surface area (Å²) in [6, 6.07) is 5.72. The fourth-order valence-electron chi connectivity index (χ4n) is 2.86. The average molecular weight is 349 g/mol. The molecule has 8 heteroatoms. The highest BCUT2D eigenvalue weighted by molar-refractivity contribution is 5.90. The third-order valence-corrected chi connectivity index (χ3v) is 4.14. The van der Waals surface area contributed by atoms with Gasteiger partial charge in [0.05, 0.1) is 17.4 Å². The third-order valence-electron chi connectivity index (χ3n) is 4.14. The van der Waals surface area contributed by atoms with E-state index < -0.39 is 4.92 Å². The number of likely N-dealkylation sites (tertiary alicyclic amines) is 1. The molecule has 0 aromatic heterocycles. The number of nitro groups is 1. The summed E-state index contributed by atoms with van der Waals surface area (Å²) in [5.74, 6) is -0.443. The molecule has 25 heavy (non-hydrogen) atoms. The number of benzene rings is 1. The second-order valence-electron chi connectivity index (χ2n) is 5.99. The lowest BCUT2D eigenvalue weighted by Crippen LogP contribution is -2.40. The Bertz CT molecular complexity index is 617. The Labute approximate surface area is 146 Å². The fourth-order valence-corrected chi connectivity index (χ4v) is 2.86. The van der Waals surface area contributed by atoms with Crippen molar-refractivity contribution in [2.75, 3.05) is 31.6 Å². The van der Waals surface area contributed by atoms with E-state index in [4.69, 9.17) is 4.74 Å². The van der Waals surface area contributed by atoms with Crippen LogP contribution in [0.15, 0.2) is 24.3 Å². The molecule has 8 nitrogen and oxygen atoms in total. The molecule has 1 atom stereocenters. The highest BCUT2D eigenvalue weighted by Crippen LogP contribution is 2.19. The predicted molar refractivity (Wildman–Crippen MR) is 92.1 cm³/mol. The SMILES string of the molecule is CCOC(=O)C1CCCN(CCC(=O)Nc2ccc([N+](=O)[O-])cc2)C1. The van der Waals surface area contributed by atoms with Gasteiger partial charge in [-0.25, -0.2) is 0 Å². The summed E-state index contributed by atoms with van der Waals surface area (Å²) in [7, 11) is 0. The largest absolute Gasteiger partial charge is 0.466 e. The first kappa shape index (κ1) is 18.9. The van der Waals surface area contributed by atoms with Crippen LogP contribution in [0.25, 0.3) is 0 Å².